The standard InChI is InChI=1S/C15H14ClN3/c16-15-9-14(19-6-2-1-3-7-19)5-4-13(15)8-12(10-17)11-18/h4-5,8-9H,1-3,6-7H2. The van der Waals surface area contributed by atoms with Crippen molar-refractivity contribution in [2.75, 3.05) is 18.0 Å². The Kier molecular flexibility index (Phi) is 4.44. The number of hydrogen-bond acceptors (Lipinski definition) is 3. The molecule has 0 atom stereocenters. The summed E-state index contributed by atoms with van der Waals surface area (Å²) in [6.07, 6.45) is 5.24. The Hall–Kier alpha value is -1.97. The van der Waals surface area contributed by atoms with Crippen LogP contribution in [0.2, 0.25) is 5.02 Å². The first kappa shape index (κ1) is 13.5. The Morgan fingerprint density at radius 2 is 1.84 bits per heavy atom. The van der Waals surface area contributed by atoms with E-state index in [0.717, 1.165) is 18.8 Å². The van der Waals surface area contributed by atoms with Gasteiger partial charge in [-0.05, 0) is 43.0 Å². The third-order valence-electron chi connectivity index (χ3n) is 3.25. The SMILES string of the molecule is N#CC(C#N)=Cc1ccc(N2CCCCC2)cc1Cl. The molecule has 0 aliphatic carbocycles. The summed E-state index contributed by atoms with van der Waals surface area (Å²) in [7, 11) is 0. The van der Waals surface area contributed by atoms with Crippen molar-refractivity contribution in [3.05, 3.63) is 34.4 Å². The molecule has 2 rings (SSSR count). The molecule has 3 nitrogen and oxygen atoms in total. The number of piperidine rings is 1. The minimum Gasteiger partial charge on any atom is -0.371 e. The van der Waals surface area contributed by atoms with Gasteiger partial charge in [0, 0.05) is 23.8 Å². The Morgan fingerprint density at radius 3 is 2.42 bits per heavy atom. The van der Waals surface area contributed by atoms with Gasteiger partial charge in [0.2, 0.25) is 0 Å². The van der Waals surface area contributed by atoms with Gasteiger partial charge in [-0.3, -0.25) is 0 Å². The maximum Gasteiger partial charge on any atom is 0.130 e. The number of benzene rings is 1. The maximum absolute atomic E-state index is 8.74. The monoisotopic (exact) mass is 271 g/mol. The number of halogens is 1. The number of hydrogen-bond donors (Lipinski definition) is 0. The van der Waals surface area contributed by atoms with Crippen molar-refractivity contribution in [2.45, 2.75) is 19.3 Å². The second-order valence-corrected chi connectivity index (χ2v) is 4.94. The lowest BCUT2D eigenvalue weighted by Gasteiger charge is -2.29. The van der Waals surface area contributed by atoms with E-state index < -0.39 is 0 Å². The van der Waals surface area contributed by atoms with Crippen LogP contribution in [-0.2, 0) is 0 Å². The smallest absolute Gasteiger partial charge is 0.130 e. The summed E-state index contributed by atoms with van der Waals surface area (Å²) in [5.41, 5.74) is 1.88. The summed E-state index contributed by atoms with van der Waals surface area (Å²) >= 11 is 6.22. The molecule has 96 valence electrons. The van der Waals surface area contributed by atoms with E-state index in [-0.39, 0.29) is 5.57 Å². The normalized spacial score (nSPS) is 14.4. The van der Waals surface area contributed by atoms with E-state index in [0.29, 0.717) is 10.6 Å². The topological polar surface area (TPSA) is 50.8 Å². The van der Waals surface area contributed by atoms with Gasteiger partial charge in [-0.25, -0.2) is 0 Å². The molecule has 1 saturated heterocycles. The number of nitrogens with zero attached hydrogens (tertiary/aromatic N) is 3. The Labute approximate surface area is 118 Å². The highest BCUT2D eigenvalue weighted by atomic mass is 35.5. The van der Waals surface area contributed by atoms with E-state index in [1.165, 1.54) is 25.3 Å². The van der Waals surface area contributed by atoms with Crippen LogP contribution in [0, 0.1) is 22.7 Å². The Bertz CT molecular complexity index is 556. The maximum atomic E-state index is 8.74. The van der Waals surface area contributed by atoms with Gasteiger partial charge in [-0.15, -0.1) is 0 Å². The predicted octanol–water partition coefficient (Wildman–Crippen LogP) is 3.76. The third-order valence-corrected chi connectivity index (χ3v) is 3.57. The molecule has 1 aliphatic rings. The van der Waals surface area contributed by atoms with Gasteiger partial charge in [0.1, 0.15) is 17.7 Å². The first-order chi connectivity index (χ1) is 9.24. The average Bonchev–Trinajstić information content (AvgIpc) is 2.47. The van der Waals surface area contributed by atoms with Crippen molar-refractivity contribution < 1.29 is 0 Å². The number of nitriles is 2. The van der Waals surface area contributed by atoms with Crippen LogP contribution in [0.25, 0.3) is 6.08 Å². The highest BCUT2D eigenvalue weighted by Gasteiger charge is 2.12. The number of rotatable bonds is 2. The van der Waals surface area contributed by atoms with Crippen LogP contribution in [0.15, 0.2) is 23.8 Å². The fourth-order valence-electron chi connectivity index (χ4n) is 2.23. The quantitative estimate of drug-likeness (QED) is 0.770. The summed E-state index contributed by atoms with van der Waals surface area (Å²) in [4.78, 5) is 2.32. The average molecular weight is 272 g/mol. The minimum absolute atomic E-state index is 0.0626. The molecule has 0 radical (unpaired) electrons. The molecule has 4 heteroatoms. The first-order valence-corrected chi connectivity index (χ1v) is 6.69. The van der Waals surface area contributed by atoms with Gasteiger partial charge in [0.25, 0.3) is 0 Å². The lowest BCUT2D eigenvalue weighted by atomic mass is 10.1. The molecule has 1 heterocycles. The summed E-state index contributed by atoms with van der Waals surface area (Å²) < 4.78 is 0. The summed E-state index contributed by atoms with van der Waals surface area (Å²) in [6, 6.07) is 9.44. The van der Waals surface area contributed by atoms with Crippen LogP contribution in [-0.4, -0.2) is 13.1 Å². The van der Waals surface area contributed by atoms with Gasteiger partial charge in [0.15, 0.2) is 0 Å². The zero-order chi connectivity index (χ0) is 13.7. The van der Waals surface area contributed by atoms with Crippen molar-refractivity contribution in [2.24, 2.45) is 0 Å². The van der Waals surface area contributed by atoms with Crippen LogP contribution in [0.5, 0.6) is 0 Å². The molecule has 0 unspecified atom stereocenters. The minimum atomic E-state index is 0.0626. The fraction of sp³-hybridized carbons (Fsp3) is 0.333. The molecule has 1 fully saturated rings. The van der Waals surface area contributed by atoms with Gasteiger partial charge >= 0.3 is 0 Å². The van der Waals surface area contributed by atoms with Crippen LogP contribution in [0.1, 0.15) is 24.8 Å². The van der Waals surface area contributed by atoms with Gasteiger partial charge in [-0.2, -0.15) is 10.5 Å². The van der Waals surface area contributed by atoms with E-state index in [1.807, 2.05) is 30.3 Å². The van der Waals surface area contributed by atoms with Crippen LogP contribution in [0.3, 0.4) is 0 Å². The van der Waals surface area contributed by atoms with E-state index in [9.17, 15) is 0 Å². The molecular weight excluding hydrogens is 258 g/mol. The summed E-state index contributed by atoms with van der Waals surface area (Å²) in [5, 5.41) is 18.1. The van der Waals surface area contributed by atoms with Crippen molar-refractivity contribution in [3.8, 4) is 12.1 Å². The van der Waals surface area contributed by atoms with Crippen molar-refractivity contribution >= 4 is 23.4 Å². The molecule has 1 aromatic rings. The van der Waals surface area contributed by atoms with Crippen molar-refractivity contribution in [1.82, 2.24) is 0 Å². The Balaban J connectivity index is 2.25. The molecular formula is C15H14ClN3. The number of allylic oxidation sites excluding steroid dienone is 1. The molecule has 0 bridgehead atoms. The van der Waals surface area contributed by atoms with E-state index >= 15 is 0 Å². The Morgan fingerprint density at radius 1 is 1.16 bits per heavy atom. The third kappa shape index (κ3) is 3.28. The zero-order valence-electron chi connectivity index (χ0n) is 10.6. The second kappa shape index (κ2) is 6.27. The fourth-order valence-corrected chi connectivity index (χ4v) is 2.46. The first-order valence-electron chi connectivity index (χ1n) is 6.31. The van der Waals surface area contributed by atoms with Crippen LogP contribution >= 0.6 is 11.6 Å². The molecule has 19 heavy (non-hydrogen) atoms. The zero-order valence-corrected chi connectivity index (χ0v) is 11.3. The summed E-state index contributed by atoms with van der Waals surface area (Å²) in [6.45, 7) is 2.13. The van der Waals surface area contributed by atoms with Crippen LogP contribution in [0.4, 0.5) is 5.69 Å². The molecule has 0 saturated carbocycles. The van der Waals surface area contributed by atoms with Crippen LogP contribution < -0.4 is 4.90 Å². The summed E-state index contributed by atoms with van der Waals surface area (Å²) in [5.74, 6) is 0. The van der Waals surface area contributed by atoms with Gasteiger partial charge in [-0.1, -0.05) is 17.7 Å². The highest BCUT2D eigenvalue weighted by molar-refractivity contribution is 6.32. The molecule has 1 aromatic carbocycles. The lowest BCUT2D eigenvalue weighted by Crippen LogP contribution is -2.29. The molecule has 0 aromatic heterocycles. The van der Waals surface area contributed by atoms with Crippen molar-refractivity contribution in [1.29, 1.82) is 10.5 Å². The lowest BCUT2D eigenvalue weighted by molar-refractivity contribution is 0.578. The molecule has 0 amide bonds. The number of anilines is 1. The molecule has 1 aliphatic heterocycles. The second-order valence-electron chi connectivity index (χ2n) is 4.54. The van der Waals surface area contributed by atoms with E-state index in [4.69, 9.17) is 22.1 Å². The van der Waals surface area contributed by atoms with E-state index in [1.54, 1.807) is 0 Å². The molecule has 0 spiro atoms. The van der Waals surface area contributed by atoms with Gasteiger partial charge in [0.05, 0.1) is 0 Å². The largest absolute Gasteiger partial charge is 0.371 e. The molecule has 0 N–H and O–H groups in total. The highest BCUT2D eigenvalue weighted by Crippen LogP contribution is 2.27. The van der Waals surface area contributed by atoms with E-state index in [2.05, 4.69) is 4.90 Å². The predicted molar refractivity (Wildman–Crippen MR) is 76.7 cm³/mol. The van der Waals surface area contributed by atoms with Gasteiger partial charge < -0.3 is 4.90 Å². The van der Waals surface area contributed by atoms with Crippen molar-refractivity contribution in [3.63, 3.8) is 0 Å².